The largest absolute Gasteiger partial charge is 0.416 e. The zero-order valence-corrected chi connectivity index (χ0v) is 10.3. The molecule has 1 amide bonds. The van der Waals surface area contributed by atoms with Crippen LogP contribution in [0.1, 0.15) is 13.8 Å². The molecule has 1 N–H and O–H groups in total. The average Bonchev–Trinajstić information content (AvgIpc) is 1.95. The van der Waals surface area contributed by atoms with Gasteiger partial charge in [0.15, 0.2) is 8.32 Å². The molecule has 0 fully saturated rings. The normalized spacial score (nSPS) is 14.3. The van der Waals surface area contributed by atoms with Gasteiger partial charge in [-0.1, -0.05) is 13.8 Å². The second-order valence-electron chi connectivity index (χ2n) is 4.56. The van der Waals surface area contributed by atoms with Crippen molar-refractivity contribution in [2.75, 3.05) is 6.61 Å². The molecule has 1 atom stereocenters. The lowest BCUT2D eigenvalue weighted by molar-refractivity contribution is -0.110. The molecule has 4 heteroatoms. The van der Waals surface area contributed by atoms with E-state index in [-0.39, 0.29) is 6.04 Å². The molecule has 0 bridgehead atoms. The van der Waals surface area contributed by atoms with Gasteiger partial charge in [0.05, 0.1) is 12.6 Å². The molecule has 0 spiro atoms. The van der Waals surface area contributed by atoms with Crippen LogP contribution in [-0.4, -0.2) is 27.4 Å². The maximum atomic E-state index is 10.3. The number of carbonyl (C=O) groups excluding carboxylic acids is 1. The van der Waals surface area contributed by atoms with E-state index in [9.17, 15) is 4.79 Å². The van der Waals surface area contributed by atoms with Crippen LogP contribution in [0.25, 0.3) is 0 Å². The summed E-state index contributed by atoms with van der Waals surface area (Å²) >= 11 is 0. The number of nitrogens with one attached hydrogen (secondary N) is 1. The van der Waals surface area contributed by atoms with E-state index in [1.807, 2.05) is 0 Å². The van der Waals surface area contributed by atoms with E-state index in [4.69, 9.17) is 4.43 Å². The summed E-state index contributed by atoms with van der Waals surface area (Å²) in [5, 5.41) is 2.77. The lowest BCUT2D eigenvalue weighted by atomic mass is 10.1. The first kappa shape index (κ1) is 12.6. The summed E-state index contributed by atoms with van der Waals surface area (Å²) in [5.41, 5.74) is 0. The van der Waals surface area contributed by atoms with Crippen molar-refractivity contribution >= 4 is 14.7 Å². The van der Waals surface area contributed by atoms with Crippen LogP contribution in [0.5, 0.6) is 0 Å². The molecule has 0 aromatic rings. The summed E-state index contributed by atoms with van der Waals surface area (Å²) in [6.45, 7) is 11.2. The smallest absolute Gasteiger partial charge is 0.207 e. The highest BCUT2D eigenvalue weighted by molar-refractivity contribution is 6.69. The van der Waals surface area contributed by atoms with Crippen LogP contribution in [0.3, 0.4) is 0 Å². The van der Waals surface area contributed by atoms with Gasteiger partial charge in [-0.15, -0.1) is 0 Å². The molecule has 13 heavy (non-hydrogen) atoms. The fourth-order valence-electron chi connectivity index (χ4n) is 0.860. The summed E-state index contributed by atoms with van der Waals surface area (Å²) in [6.07, 6.45) is 0.748. The van der Waals surface area contributed by atoms with Gasteiger partial charge in [-0.05, 0) is 25.6 Å². The van der Waals surface area contributed by atoms with Gasteiger partial charge in [0.2, 0.25) is 6.41 Å². The Morgan fingerprint density at radius 2 is 1.92 bits per heavy atom. The minimum atomic E-state index is -1.45. The van der Waals surface area contributed by atoms with Gasteiger partial charge in [0.1, 0.15) is 0 Å². The molecule has 0 aliphatic carbocycles. The van der Waals surface area contributed by atoms with Crippen molar-refractivity contribution in [2.24, 2.45) is 5.92 Å². The highest BCUT2D eigenvalue weighted by Gasteiger charge is 2.19. The number of amides is 1. The Kier molecular flexibility index (Phi) is 5.25. The third-order valence-electron chi connectivity index (χ3n) is 1.78. The van der Waals surface area contributed by atoms with E-state index in [0.717, 1.165) is 6.41 Å². The van der Waals surface area contributed by atoms with Gasteiger partial charge in [0.25, 0.3) is 0 Å². The maximum absolute atomic E-state index is 10.3. The van der Waals surface area contributed by atoms with Crippen LogP contribution in [-0.2, 0) is 9.22 Å². The van der Waals surface area contributed by atoms with Crippen molar-refractivity contribution in [2.45, 2.75) is 39.5 Å². The van der Waals surface area contributed by atoms with Gasteiger partial charge in [0, 0.05) is 0 Å². The lowest BCUT2D eigenvalue weighted by Crippen LogP contribution is -2.40. The second-order valence-corrected chi connectivity index (χ2v) is 9.07. The summed E-state index contributed by atoms with van der Waals surface area (Å²) in [6, 6.07) is 0.143. The Balaban J connectivity index is 3.89. The van der Waals surface area contributed by atoms with Crippen LogP contribution in [0.15, 0.2) is 0 Å². The molecule has 0 aromatic carbocycles. The third-order valence-corrected chi connectivity index (χ3v) is 2.82. The molecule has 0 aliphatic heterocycles. The minimum Gasteiger partial charge on any atom is -0.416 e. The van der Waals surface area contributed by atoms with Crippen LogP contribution in [0, 0.1) is 5.92 Å². The third kappa shape index (κ3) is 6.78. The van der Waals surface area contributed by atoms with Crippen LogP contribution < -0.4 is 5.32 Å². The Morgan fingerprint density at radius 3 is 2.23 bits per heavy atom. The first-order chi connectivity index (χ1) is 5.87. The predicted molar refractivity (Wildman–Crippen MR) is 57.1 cm³/mol. The van der Waals surface area contributed by atoms with Crippen LogP contribution in [0.2, 0.25) is 19.6 Å². The van der Waals surface area contributed by atoms with Gasteiger partial charge in [-0.2, -0.15) is 0 Å². The highest BCUT2D eigenvalue weighted by Crippen LogP contribution is 2.07. The topological polar surface area (TPSA) is 38.3 Å². The summed E-state index contributed by atoms with van der Waals surface area (Å²) in [7, 11) is -1.45. The van der Waals surface area contributed by atoms with E-state index < -0.39 is 8.32 Å². The summed E-state index contributed by atoms with van der Waals surface area (Å²) in [4.78, 5) is 10.3. The molecule has 0 aromatic heterocycles. The highest BCUT2D eigenvalue weighted by atomic mass is 28.4. The first-order valence-corrected chi connectivity index (χ1v) is 8.11. The van der Waals surface area contributed by atoms with Crippen molar-refractivity contribution in [3.8, 4) is 0 Å². The molecule has 0 rings (SSSR count). The molecule has 0 aliphatic rings. The molecule has 3 nitrogen and oxygen atoms in total. The Bertz CT molecular complexity index is 154. The quantitative estimate of drug-likeness (QED) is 0.526. The van der Waals surface area contributed by atoms with E-state index in [1.165, 1.54) is 0 Å². The number of carbonyl (C=O) groups is 1. The van der Waals surface area contributed by atoms with Crippen molar-refractivity contribution in [3.63, 3.8) is 0 Å². The Morgan fingerprint density at radius 1 is 1.38 bits per heavy atom. The van der Waals surface area contributed by atoms with Crippen LogP contribution >= 0.6 is 0 Å². The van der Waals surface area contributed by atoms with E-state index in [2.05, 4.69) is 38.8 Å². The van der Waals surface area contributed by atoms with Gasteiger partial charge < -0.3 is 9.74 Å². The first-order valence-electron chi connectivity index (χ1n) is 4.70. The Labute approximate surface area is 82.0 Å². The molecule has 78 valence electrons. The fraction of sp³-hybridized carbons (Fsp3) is 0.889. The molecule has 0 heterocycles. The van der Waals surface area contributed by atoms with Crippen molar-refractivity contribution in [1.82, 2.24) is 5.32 Å². The monoisotopic (exact) mass is 203 g/mol. The van der Waals surface area contributed by atoms with E-state index in [0.29, 0.717) is 12.5 Å². The summed E-state index contributed by atoms with van der Waals surface area (Å²) < 4.78 is 5.72. The van der Waals surface area contributed by atoms with Gasteiger partial charge in [-0.3, -0.25) is 4.79 Å². The fourth-order valence-corrected chi connectivity index (χ4v) is 1.54. The number of hydrogen-bond acceptors (Lipinski definition) is 2. The molecule has 0 radical (unpaired) electrons. The second kappa shape index (κ2) is 5.39. The lowest BCUT2D eigenvalue weighted by Gasteiger charge is -2.25. The zero-order valence-electron chi connectivity index (χ0n) is 9.26. The molecule has 0 unspecified atom stereocenters. The zero-order chi connectivity index (χ0) is 10.5. The molecular formula is C9H21NO2Si. The van der Waals surface area contributed by atoms with Crippen molar-refractivity contribution < 1.29 is 9.22 Å². The van der Waals surface area contributed by atoms with Gasteiger partial charge in [-0.25, -0.2) is 0 Å². The minimum absolute atomic E-state index is 0.143. The van der Waals surface area contributed by atoms with Crippen molar-refractivity contribution in [1.29, 1.82) is 0 Å². The molecule has 0 saturated heterocycles. The molecular weight excluding hydrogens is 182 g/mol. The maximum Gasteiger partial charge on any atom is 0.207 e. The molecule has 0 saturated carbocycles. The van der Waals surface area contributed by atoms with Crippen molar-refractivity contribution in [3.05, 3.63) is 0 Å². The van der Waals surface area contributed by atoms with E-state index >= 15 is 0 Å². The predicted octanol–water partition coefficient (Wildman–Crippen LogP) is 1.61. The SMILES string of the molecule is CC(C)[C@@H](CO[Si](C)(C)C)NC=O. The van der Waals surface area contributed by atoms with Gasteiger partial charge >= 0.3 is 0 Å². The van der Waals surface area contributed by atoms with Crippen LogP contribution in [0.4, 0.5) is 0 Å². The number of hydrogen-bond donors (Lipinski definition) is 1. The average molecular weight is 203 g/mol. The number of rotatable bonds is 6. The van der Waals surface area contributed by atoms with E-state index in [1.54, 1.807) is 0 Å². The summed E-state index contributed by atoms with van der Waals surface area (Å²) in [5.74, 6) is 0.418. The Hall–Kier alpha value is -0.353. The standard InChI is InChI=1S/C9H21NO2Si/c1-8(2)9(10-7-11)6-12-13(3,4)5/h7-9H,6H2,1-5H3,(H,10,11)/t9-/m1/s1.